The van der Waals surface area contributed by atoms with Crippen molar-refractivity contribution in [2.45, 2.75) is 76.3 Å². The lowest BCUT2D eigenvalue weighted by atomic mass is 9.76. The molecule has 1 aliphatic heterocycles. The van der Waals surface area contributed by atoms with Gasteiger partial charge in [-0.1, -0.05) is 26.7 Å². The fourth-order valence-corrected chi connectivity index (χ4v) is 3.29. The van der Waals surface area contributed by atoms with E-state index in [0.717, 1.165) is 25.7 Å². The highest BCUT2D eigenvalue weighted by Gasteiger charge is 2.59. The zero-order valence-corrected chi connectivity index (χ0v) is 11.0. The van der Waals surface area contributed by atoms with Gasteiger partial charge in [0.2, 0.25) is 5.79 Å². The second-order valence-electron chi connectivity index (χ2n) is 6.36. The van der Waals surface area contributed by atoms with Crippen LogP contribution in [0.5, 0.6) is 0 Å². The van der Waals surface area contributed by atoms with Crippen LogP contribution in [0.2, 0.25) is 0 Å². The van der Waals surface area contributed by atoms with Crippen molar-refractivity contribution < 1.29 is 20.0 Å². The number of hydrogen-bond donors (Lipinski definition) is 2. The fraction of sp³-hybridized carbons (Fsp3) is 1.00. The van der Waals surface area contributed by atoms with Gasteiger partial charge in [-0.3, -0.25) is 0 Å². The molecule has 2 atom stereocenters. The Bertz CT molecular complexity index is 281. The minimum Gasteiger partial charge on any atom is -0.387 e. The largest absolute Gasteiger partial charge is 0.387 e. The smallest absolute Gasteiger partial charge is 0.202 e. The quantitative estimate of drug-likeness (QED) is 0.731. The molecule has 0 aromatic rings. The van der Waals surface area contributed by atoms with Crippen molar-refractivity contribution in [3.63, 3.8) is 0 Å². The van der Waals surface area contributed by atoms with Crippen LogP contribution in [0.4, 0.5) is 0 Å². The Kier molecular flexibility index (Phi) is 3.28. The second-order valence-corrected chi connectivity index (χ2v) is 6.36. The summed E-state index contributed by atoms with van der Waals surface area (Å²) in [7, 11) is 0. The average molecular weight is 244 g/mol. The van der Waals surface area contributed by atoms with Gasteiger partial charge in [-0.15, -0.1) is 0 Å². The van der Waals surface area contributed by atoms with Crippen molar-refractivity contribution in [2.75, 3.05) is 0 Å². The van der Waals surface area contributed by atoms with Crippen molar-refractivity contribution >= 4 is 0 Å². The zero-order chi connectivity index (χ0) is 12.7. The molecule has 2 N–H and O–H groups in total. The number of hydrogen-bond acceptors (Lipinski definition) is 4. The Morgan fingerprint density at radius 1 is 1.12 bits per heavy atom. The molecule has 0 unspecified atom stereocenters. The van der Waals surface area contributed by atoms with Gasteiger partial charge in [-0.05, 0) is 25.7 Å². The molecule has 17 heavy (non-hydrogen) atoms. The van der Waals surface area contributed by atoms with Crippen LogP contribution in [0.15, 0.2) is 0 Å². The molecule has 1 heterocycles. The van der Waals surface area contributed by atoms with Crippen LogP contribution >= 0.6 is 0 Å². The summed E-state index contributed by atoms with van der Waals surface area (Å²) in [6.07, 6.45) is 4.39. The molecule has 1 saturated carbocycles. The molecule has 4 nitrogen and oxygen atoms in total. The molecule has 1 aliphatic carbocycles. The van der Waals surface area contributed by atoms with Gasteiger partial charge in [0.25, 0.3) is 0 Å². The van der Waals surface area contributed by atoms with Gasteiger partial charge in [-0.25, -0.2) is 9.78 Å². The third-order valence-electron chi connectivity index (χ3n) is 4.10. The van der Waals surface area contributed by atoms with Crippen LogP contribution in [0.3, 0.4) is 0 Å². The highest BCUT2D eigenvalue weighted by atomic mass is 17.2. The molecule has 0 aromatic carbocycles. The molecule has 2 rings (SSSR count). The topological polar surface area (TPSA) is 58.9 Å². The maximum absolute atomic E-state index is 10.6. The van der Waals surface area contributed by atoms with Crippen molar-refractivity contribution in [3.05, 3.63) is 0 Å². The minimum atomic E-state index is -1.36. The first-order valence-electron chi connectivity index (χ1n) is 6.60. The standard InChI is InChI=1S/C13H24O4/c1-10(2)8-13(15)9-11(3,14)12(16-17-13)6-4-5-7-12/h10,14-15H,4-9H2,1-3H3/t11-,13-/m1/s1. The molecule has 4 heteroatoms. The first-order valence-corrected chi connectivity index (χ1v) is 6.60. The van der Waals surface area contributed by atoms with Crippen molar-refractivity contribution in [1.29, 1.82) is 0 Å². The van der Waals surface area contributed by atoms with Crippen LogP contribution in [-0.2, 0) is 9.78 Å². The molecule has 1 spiro atoms. The van der Waals surface area contributed by atoms with E-state index in [4.69, 9.17) is 9.78 Å². The third kappa shape index (κ3) is 2.36. The van der Waals surface area contributed by atoms with E-state index in [0.29, 0.717) is 6.42 Å². The Morgan fingerprint density at radius 3 is 2.18 bits per heavy atom. The van der Waals surface area contributed by atoms with Crippen LogP contribution in [0.1, 0.15) is 59.3 Å². The van der Waals surface area contributed by atoms with Crippen LogP contribution in [0, 0.1) is 5.92 Å². The number of aliphatic hydroxyl groups is 2. The molecule has 2 aliphatic rings. The highest BCUT2D eigenvalue weighted by Crippen LogP contribution is 2.50. The van der Waals surface area contributed by atoms with Gasteiger partial charge < -0.3 is 10.2 Å². The monoisotopic (exact) mass is 244 g/mol. The van der Waals surface area contributed by atoms with Gasteiger partial charge in [-0.2, -0.15) is 0 Å². The normalized spacial score (nSPS) is 41.3. The van der Waals surface area contributed by atoms with Gasteiger partial charge in [0.05, 0.1) is 5.60 Å². The third-order valence-corrected chi connectivity index (χ3v) is 4.10. The molecule has 2 fully saturated rings. The van der Waals surface area contributed by atoms with Gasteiger partial charge in [0.1, 0.15) is 5.60 Å². The van der Waals surface area contributed by atoms with Crippen LogP contribution in [0.25, 0.3) is 0 Å². The highest BCUT2D eigenvalue weighted by molar-refractivity contribution is 5.04. The summed E-state index contributed by atoms with van der Waals surface area (Å²) < 4.78 is 0. The molecule has 0 radical (unpaired) electrons. The van der Waals surface area contributed by atoms with E-state index < -0.39 is 17.0 Å². The van der Waals surface area contributed by atoms with E-state index in [1.54, 1.807) is 6.92 Å². The molecular formula is C13H24O4. The lowest BCUT2D eigenvalue weighted by molar-refractivity contribution is -0.515. The van der Waals surface area contributed by atoms with Crippen molar-refractivity contribution in [2.24, 2.45) is 5.92 Å². The van der Waals surface area contributed by atoms with Crippen molar-refractivity contribution in [1.82, 2.24) is 0 Å². The predicted molar refractivity (Wildman–Crippen MR) is 63.0 cm³/mol. The summed E-state index contributed by atoms with van der Waals surface area (Å²) in [5.74, 6) is -1.07. The molecule has 0 amide bonds. The summed E-state index contributed by atoms with van der Waals surface area (Å²) in [4.78, 5) is 10.7. The van der Waals surface area contributed by atoms with Crippen molar-refractivity contribution in [3.8, 4) is 0 Å². The Hall–Kier alpha value is -0.160. The SMILES string of the molecule is CC(C)C[C@]1(O)C[C@@](C)(O)C2(CCCC2)OO1. The van der Waals surface area contributed by atoms with E-state index in [9.17, 15) is 10.2 Å². The Morgan fingerprint density at radius 2 is 1.71 bits per heavy atom. The lowest BCUT2D eigenvalue weighted by Crippen LogP contribution is -2.62. The van der Waals surface area contributed by atoms with E-state index in [1.165, 1.54) is 0 Å². The van der Waals surface area contributed by atoms with Gasteiger partial charge in [0, 0.05) is 12.8 Å². The van der Waals surface area contributed by atoms with E-state index in [1.807, 2.05) is 13.8 Å². The summed E-state index contributed by atoms with van der Waals surface area (Å²) in [5.41, 5.74) is -1.64. The maximum atomic E-state index is 10.6. The zero-order valence-electron chi connectivity index (χ0n) is 11.0. The molecule has 100 valence electrons. The molecule has 1 saturated heterocycles. The van der Waals surface area contributed by atoms with E-state index in [-0.39, 0.29) is 12.3 Å². The summed E-state index contributed by atoms with van der Waals surface area (Å²) in [6.45, 7) is 5.78. The maximum Gasteiger partial charge on any atom is 0.202 e. The summed E-state index contributed by atoms with van der Waals surface area (Å²) in [6, 6.07) is 0. The fourth-order valence-electron chi connectivity index (χ4n) is 3.29. The van der Waals surface area contributed by atoms with E-state index >= 15 is 0 Å². The lowest BCUT2D eigenvalue weighted by Gasteiger charge is -2.50. The summed E-state index contributed by atoms with van der Waals surface area (Å²) in [5, 5.41) is 20.9. The second kappa shape index (κ2) is 4.19. The first-order chi connectivity index (χ1) is 7.79. The molecule has 0 aromatic heterocycles. The van der Waals surface area contributed by atoms with E-state index in [2.05, 4.69) is 0 Å². The Labute approximate surface area is 103 Å². The van der Waals surface area contributed by atoms with Crippen LogP contribution in [-0.4, -0.2) is 27.2 Å². The minimum absolute atomic E-state index is 0.220. The van der Waals surface area contributed by atoms with Crippen LogP contribution < -0.4 is 0 Å². The summed E-state index contributed by atoms with van der Waals surface area (Å²) >= 11 is 0. The predicted octanol–water partition coefficient (Wildman–Crippen LogP) is 2.14. The first kappa shape index (κ1) is 13.3. The Balaban J connectivity index is 2.13. The molecule has 0 bridgehead atoms. The molecular weight excluding hydrogens is 220 g/mol. The van der Waals surface area contributed by atoms with Gasteiger partial charge >= 0.3 is 0 Å². The number of rotatable bonds is 2. The van der Waals surface area contributed by atoms with Gasteiger partial charge in [0.15, 0.2) is 0 Å². The average Bonchev–Trinajstić information content (AvgIpc) is 2.60.